The largest absolute Gasteiger partial charge is 0.586 e. The van der Waals surface area contributed by atoms with Crippen molar-refractivity contribution in [2.45, 2.75) is 13.2 Å². The van der Waals surface area contributed by atoms with E-state index in [1.165, 1.54) is 29.7 Å². The maximum absolute atomic E-state index is 13.2. The summed E-state index contributed by atoms with van der Waals surface area (Å²) in [4.78, 5) is 21.1. The molecule has 0 spiro atoms. The molecule has 138 valence electrons. The quantitative estimate of drug-likeness (QED) is 0.676. The summed E-state index contributed by atoms with van der Waals surface area (Å²) in [6.45, 7) is 1.80. The van der Waals surface area contributed by atoms with Gasteiger partial charge in [-0.3, -0.25) is 4.79 Å². The van der Waals surface area contributed by atoms with Gasteiger partial charge in [-0.1, -0.05) is 11.6 Å². The number of nitrogens with zero attached hydrogens (tertiary/aromatic N) is 2. The van der Waals surface area contributed by atoms with Crippen LogP contribution < -0.4 is 14.8 Å². The summed E-state index contributed by atoms with van der Waals surface area (Å²) in [6.07, 6.45) is -2.25. The lowest BCUT2D eigenvalue weighted by molar-refractivity contribution is -0.286. The Hall–Kier alpha value is -2.78. The van der Waals surface area contributed by atoms with Crippen molar-refractivity contribution in [2.75, 3.05) is 5.32 Å². The van der Waals surface area contributed by atoms with Gasteiger partial charge in [0, 0.05) is 28.3 Å². The topological polar surface area (TPSA) is 73.3 Å². The SMILES string of the molecule is Cc1scnc1C(=O)Nc1ccc(-c2cc3c(cc2Cl)OC(F)(F)O3)cn1. The second-order valence-electron chi connectivity index (χ2n) is 5.59. The summed E-state index contributed by atoms with van der Waals surface area (Å²) in [6, 6.07) is 5.84. The number of rotatable bonds is 3. The zero-order chi connectivity index (χ0) is 19.2. The maximum atomic E-state index is 13.2. The Bertz CT molecular complexity index is 1040. The number of aryl methyl sites for hydroxylation is 1. The van der Waals surface area contributed by atoms with Crippen molar-refractivity contribution in [2.24, 2.45) is 0 Å². The van der Waals surface area contributed by atoms with E-state index in [9.17, 15) is 13.6 Å². The molecule has 4 rings (SSSR count). The summed E-state index contributed by atoms with van der Waals surface area (Å²) >= 11 is 7.53. The van der Waals surface area contributed by atoms with E-state index in [0.29, 0.717) is 22.6 Å². The van der Waals surface area contributed by atoms with Crippen molar-refractivity contribution in [3.05, 3.63) is 51.6 Å². The molecule has 10 heteroatoms. The highest BCUT2D eigenvalue weighted by Crippen LogP contribution is 2.45. The molecular weight excluding hydrogens is 400 g/mol. The molecule has 0 saturated carbocycles. The Labute approximate surface area is 160 Å². The van der Waals surface area contributed by atoms with Crippen LogP contribution in [0.2, 0.25) is 5.02 Å². The minimum Gasteiger partial charge on any atom is -0.395 e. The van der Waals surface area contributed by atoms with Gasteiger partial charge in [-0.2, -0.15) is 0 Å². The van der Waals surface area contributed by atoms with Crippen molar-refractivity contribution in [3.8, 4) is 22.6 Å². The second-order valence-corrected chi connectivity index (χ2v) is 7.06. The number of ether oxygens (including phenoxy) is 2. The molecule has 6 nitrogen and oxygen atoms in total. The molecule has 3 heterocycles. The van der Waals surface area contributed by atoms with Gasteiger partial charge in [0.15, 0.2) is 11.5 Å². The second kappa shape index (κ2) is 6.43. The standard InChI is InChI=1S/C17H10ClF2N3O3S/c1-8-15(22-7-27-8)16(24)23-14-3-2-9(6-21-14)10-4-12-13(5-11(10)18)26-17(19,20)25-12/h2-7H,1H3,(H,21,23,24). The lowest BCUT2D eigenvalue weighted by Gasteiger charge is -2.08. The van der Waals surface area contributed by atoms with Crippen LogP contribution in [-0.2, 0) is 0 Å². The number of pyridine rings is 1. The van der Waals surface area contributed by atoms with Crippen LogP contribution in [0.25, 0.3) is 11.1 Å². The van der Waals surface area contributed by atoms with Gasteiger partial charge in [0.2, 0.25) is 0 Å². The van der Waals surface area contributed by atoms with Crippen LogP contribution in [0.1, 0.15) is 15.4 Å². The fourth-order valence-electron chi connectivity index (χ4n) is 2.52. The lowest BCUT2D eigenvalue weighted by Crippen LogP contribution is -2.25. The first-order valence-corrected chi connectivity index (χ1v) is 8.85. The fourth-order valence-corrected chi connectivity index (χ4v) is 3.35. The molecule has 0 fully saturated rings. The third-order valence-electron chi connectivity index (χ3n) is 3.77. The van der Waals surface area contributed by atoms with E-state index >= 15 is 0 Å². The first-order valence-electron chi connectivity index (χ1n) is 7.60. The molecule has 0 aliphatic carbocycles. The number of hydrogen-bond donors (Lipinski definition) is 1. The van der Waals surface area contributed by atoms with Crippen LogP contribution in [0.3, 0.4) is 0 Å². The van der Waals surface area contributed by atoms with E-state index in [0.717, 1.165) is 4.88 Å². The van der Waals surface area contributed by atoms with Crippen LogP contribution in [-0.4, -0.2) is 22.2 Å². The molecule has 1 aromatic carbocycles. The monoisotopic (exact) mass is 409 g/mol. The molecule has 1 aliphatic rings. The van der Waals surface area contributed by atoms with Crippen LogP contribution in [0.15, 0.2) is 36.0 Å². The fraction of sp³-hybridized carbons (Fsp3) is 0.118. The molecule has 1 N–H and O–H groups in total. The number of alkyl halides is 2. The Morgan fingerprint density at radius 1 is 1.22 bits per heavy atom. The van der Waals surface area contributed by atoms with Gasteiger partial charge in [0.1, 0.15) is 11.5 Å². The zero-order valence-corrected chi connectivity index (χ0v) is 15.2. The van der Waals surface area contributed by atoms with Crippen LogP contribution in [0, 0.1) is 6.92 Å². The molecule has 0 radical (unpaired) electrons. The highest BCUT2D eigenvalue weighted by molar-refractivity contribution is 7.09. The summed E-state index contributed by atoms with van der Waals surface area (Å²) < 4.78 is 35.2. The number of thiazole rings is 1. The summed E-state index contributed by atoms with van der Waals surface area (Å²) in [5, 5.41) is 2.85. The average Bonchev–Trinajstić information content (AvgIpc) is 3.16. The number of benzene rings is 1. The van der Waals surface area contributed by atoms with Gasteiger partial charge < -0.3 is 14.8 Å². The van der Waals surface area contributed by atoms with E-state index in [1.807, 2.05) is 0 Å². The molecule has 0 atom stereocenters. The lowest BCUT2D eigenvalue weighted by atomic mass is 10.1. The molecule has 2 aromatic heterocycles. The molecule has 0 saturated heterocycles. The van der Waals surface area contributed by atoms with Crippen molar-refractivity contribution >= 4 is 34.7 Å². The van der Waals surface area contributed by atoms with Crippen LogP contribution in [0.4, 0.5) is 14.6 Å². The smallest absolute Gasteiger partial charge is 0.395 e. The van der Waals surface area contributed by atoms with Gasteiger partial charge >= 0.3 is 6.29 Å². The van der Waals surface area contributed by atoms with E-state index < -0.39 is 6.29 Å². The maximum Gasteiger partial charge on any atom is 0.586 e. The molecule has 3 aromatic rings. The molecule has 0 unspecified atom stereocenters. The molecular formula is C17H10ClF2N3O3S. The molecule has 27 heavy (non-hydrogen) atoms. The number of anilines is 1. The Morgan fingerprint density at radius 2 is 1.96 bits per heavy atom. The average molecular weight is 410 g/mol. The Kier molecular flexibility index (Phi) is 4.20. The van der Waals surface area contributed by atoms with Crippen molar-refractivity contribution in [1.29, 1.82) is 0 Å². The molecule has 1 amide bonds. The number of aromatic nitrogens is 2. The normalized spacial score (nSPS) is 14.2. The third kappa shape index (κ3) is 3.43. The summed E-state index contributed by atoms with van der Waals surface area (Å²) in [7, 11) is 0. The van der Waals surface area contributed by atoms with Gasteiger partial charge in [-0.25, -0.2) is 9.97 Å². The van der Waals surface area contributed by atoms with E-state index in [2.05, 4.69) is 24.8 Å². The number of nitrogens with one attached hydrogen (secondary N) is 1. The minimum atomic E-state index is -3.72. The first-order chi connectivity index (χ1) is 12.8. The van der Waals surface area contributed by atoms with E-state index in [4.69, 9.17) is 11.6 Å². The van der Waals surface area contributed by atoms with Crippen LogP contribution >= 0.6 is 22.9 Å². The summed E-state index contributed by atoms with van der Waals surface area (Å²) in [5.41, 5.74) is 2.93. The Morgan fingerprint density at radius 3 is 2.59 bits per heavy atom. The van der Waals surface area contributed by atoms with E-state index in [-0.39, 0.29) is 22.4 Å². The van der Waals surface area contributed by atoms with Gasteiger partial charge in [-0.15, -0.1) is 20.1 Å². The minimum absolute atomic E-state index is 0.115. The highest BCUT2D eigenvalue weighted by Gasteiger charge is 2.43. The zero-order valence-electron chi connectivity index (χ0n) is 13.6. The predicted molar refractivity (Wildman–Crippen MR) is 95.7 cm³/mol. The predicted octanol–water partition coefficient (Wildman–Crippen LogP) is 4.74. The number of amides is 1. The van der Waals surface area contributed by atoms with Crippen molar-refractivity contribution < 1.29 is 23.0 Å². The van der Waals surface area contributed by atoms with Gasteiger partial charge in [0.25, 0.3) is 5.91 Å². The third-order valence-corrected chi connectivity index (χ3v) is 4.84. The van der Waals surface area contributed by atoms with Crippen LogP contribution in [0.5, 0.6) is 11.5 Å². The molecule has 0 bridgehead atoms. The van der Waals surface area contributed by atoms with Gasteiger partial charge in [0.05, 0.1) is 10.5 Å². The number of halogens is 3. The van der Waals surface area contributed by atoms with Crippen molar-refractivity contribution in [3.63, 3.8) is 0 Å². The highest BCUT2D eigenvalue weighted by atomic mass is 35.5. The number of carbonyl (C=O) groups is 1. The van der Waals surface area contributed by atoms with E-state index in [1.54, 1.807) is 24.6 Å². The molecule has 1 aliphatic heterocycles. The van der Waals surface area contributed by atoms with Gasteiger partial charge in [-0.05, 0) is 25.1 Å². The number of carbonyl (C=O) groups excluding carboxylic acids is 1. The summed E-state index contributed by atoms with van der Waals surface area (Å²) in [5.74, 6) is -0.295. The number of hydrogen-bond acceptors (Lipinski definition) is 6. The van der Waals surface area contributed by atoms with Crippen molar-refractivity contribution in [1.82, 2.24) is 9.97 Å². The Balaban J connectivity index is 1.57. The first kappa shape index (κ1) is 17.6. The number of fused-ring (bicyclic) bond motifs is 1.